The van der Waals surface area contributed by atoms with Crippen molar-refractivity contribution in [3.8, 4) is 17.1 Å². The quantitative estimate of drug-likeness (QED) is 0.694. The molecule has 0 aliphatic heterocycles. The Hall–Kier alpha value is -2.99. The highest BCUT2D eigenvalue weighted by molar-refractivity contribution is 5.91. The van der Waals surface area contributed by atoms with Crippen LogP contribution in [0.2, 0.25) is 0 Å². The third-order valence-corrected chi connectivity index (χ3v) is 3.96. The molecular weight excluding hydrogens is 328 g/mol. The summed E-state index contributed by atoms with van der Waals surface area (Å²) < 4.78 is 6.67. The number of ether oxygens (including phenoxy) is 1. The van der Waals surface area contributed by atoms with E-state index in [9.17, 15) is 4.79 Å². The van der Waals surface area contributed by atoms with Gasteiger partial charge in [0.2, 0.25) is 5.82 Å². The molecule has 0 aliphatic carbocycles. The molecule has 0 saturated carbocycles. The minimum atomic E-state index is -0.318. The van der Waals surface area contributed by atoms with Crippen LogP contribution in [0.15, 0.2) is 48.5 Å². The van der Waals surface area contributed by atoms with Crippen LogP contribution >= 0.6 is 0 Å². The largest absolute Gasteiger partial charge is 0.383 e. The molecule has 1 aromatic heterocycles. The number of benzene rings is 2. The number of nitrogens with zero attached hydrogens (tertiary/aromatic N) is 3. The number of hydrogen-bond acceptors (Lipinski definition) is 4. The number of methoxy groups -OCH3 is 1. The second-order valence-corrected chi connectivity index (χ2v) is 6.12. The summed E-state index contributed by atoms with van der Waals surface area (Å²) >= 11 is 0. The smallest absolute Gasteiger partial charge is 0.291 e. The zero-order chi connectivity index (χ0) is 18.5. The van der Waals surface area contributed by atoms with Crippen LogP contribution in [0.1, 0.15) is 21.7 Å². The van der Waals surface area contributed by atoms with Crippen LogP contribution in [0, 0.1) is 13.8 Å². The van der Waals surface area contributed by atoms with E-state index in [-0.39, 0.29) is 11.7 Å². The zero-order valence-electron chi connectivity index (χ0n) is 15.2. The lowest BCUT2D eigenvalue weighted by atomic mass is 10.1. The normalized spacial score (nSPS) is 10.7. The summed E-state index contributed by atoms with van der Waals surface area (Å²) in [5.74, 6) is 0.451. The highest BCUT2D eigenvalue weighted by atomic mass is 16.5. The topological polar surface area (TPSA) is 69.0 Å². The molecule has 6 nitrogen and oxygen atoms in total. The molecule has 2 aromatic carbocycles. The molecular formula is C20H22N4O2. The summed E-state index contributed by atoms with van der Waals surface area (Å²) in [7, 11) is 1.59. The molecule has 26 heavy (non-hydrogen) atoms. The van der Waals surface area contributed by atoms with Crippen molar-refractivity contribution in [3.05, 3.63) is 65.5 Å². The van der Waals surface area contributed by atoms with Gasteiger partial charge >= 0.3 is 0 Å². The summed E-state index contributed by atoms with van der Waals surface area (Å²) in [6.07, 6.45) is 0. The molecule has 0 saturated heterocycles. The van der Waals surface area contributed by atoms with Crippen molar-refractivity contribution in [1.82, 2.24) is 20.1 Å². The number of aromatic nitrogens is 3. The van der Waals surface area contributed by atoms with Crippen LogP contribution in [0.25, 0.3) is 17.1 Å². The number of nitrogens with one attached hydrogen (secondary N) is 1. The van der Waals surface area contributed by atoms with E-state index in [1.165, 1.54) is 0 Å². The van der Waals surface area contributed by atoms with E-state index in [1.54, 1.807) is 11.8 Å². The number of carbonyl (C=O) groups is 1. The maximum Gasteiger partial charge on any atom is 0.291 e. The molecule has 3 aromatic rings. The first-order valence-electron chi connectivity index (χ1n) is 8.47. The molecule has 0 aliphatic rings. The van der Waals surface area contributed by atoms with Gasteiger partial charge in [-0.1, -0.05) is 42.0 Å². The number of aryl methyl sites for hydroxylation is 2. The number of hydrogen-bond donors (Lipinski definition) is 1. The minimum absolute atomic E-state index is 0.137. The van der Waals surface area contributed by atoms with Crippen LogP contribution in [-0.4, -0.2) is 40.9 Å². The molecule has 6 heteroatoms. The van der Waals surface area contributed by atoms with Gasteiger partial charge in [-0.2, -0.15) is 0 Å². The lowest BCUT2D eigenvalue weighted by Crippen LogP contribution is -2.28. The van der Waals surface area contributed by atoms with Crippen molar-refractivity contribution in [2.45, 2.75) is 13.8 Å². The number of amides is 1. The van der Waals surface area contributed by atoms with Gasteiger partial charge in [-0.25, -0.2) is 9.67 Å². The van der Waals surface area contributed by atoms with E-state index in [0.29, 0.717) is 19.0 Å². The summed E-state index contributed by atoms with van der Waals surface area (Å²) in [4.78, 5) is 16.9. The third kappa shape index (κ3) is 3.97. The molecule has 0 fully saturated rings. The van der Waals surface area contributed by atoms with Gasteiger partial charge < -0.3 is 10.1 Å². The molecule has 0 radical (unpaired) electrons. The predicted octanol–water partition coefficient (Wildman–Crippen LogP) is 2.93. The van der Waals surface area contributed by atoms with Crippen molar-refractivity contribution >= 4 is 5.91 Å². The SMILES string of the molecule is COCCNC(=O)c1nc(-c2ccc(C)cc2)n(-c2cccc(C)c2)n1. The summed E-state index contributed by atoms with van der Waals surface area (Å²) in [5.41, 5.74) is 4.04. The molecule has 0 unspecified atom stereocenters. The van der Waals surface area contributed by atoms with Crippen LogP contribution in [-0.2, 0) is 4.74 Å². The van der Waals surface area contributed by atoms with E-state index in [0.717, 1.165) is 22.4 Å². The van der Waals surface area contributed by atoms with Gasteiger partial charge in [-0.15, -0.1) is 5.10 Å². The predicted molar refractivity (Wildman–Crippen MR) is 100 cm³/mol. The minimum Gasteiger partial charge on any atom is -0.383 e. The lowest BCUT2D eigenvalue weighted by Gasteiger charge is -2.07. The fraction of sp³-hybridized carbons (Fsp3) is 0.250. The first kappa shape index (κ1) is 17.8. The second kappa shape index (κ2) is 7.93. The summed E-state index contributed by atoms with van der Waals surface area (Å²) in [6, 6.07) is 15.9. The van der Waals surface area contributed by atoms with E-state index < -0.39 is 0 Å². The Kier molecular flexibility index (Phi) is 5.43. The highest BCUT2D eigenvalue weighted by Gasteiger charge is 2.18. The van der Waals surface area contributed by atoms with Crippen LogP contribution in [0.4, 0.5) is 0 Å². The van der Waals surface area contributed by atoms with Gasteiger partial charge in [0.05, 0.1) is 12.3 Å². The van der Waals surface area contributed by atoms with E-state index >= 15 is 0 Å². The van der Waals surface area contributed by atoms with Gasteiger partial charge in [-0.05, 0) is 31.5 Å². The molecule has 0 bridgehead atoms. The molecule has 1 heterocycles. The number of carbonyl (C=O) groups excluding carboxylic acids is 1. The third-order valence-electron chi connectivity index (χ3n) is 3.96. The zero-order valence-corrected chi connectivity index (χ0v) is 15.2. The van der Waals surface area contributed by atoms with Gasteiger partial charge in [0.1, 0.15) is 0 Å². The first-order chi connectivity index (χ1) is 12.6. The van der Waals surface area contributed by atoms with Crippen molar-refractivity contribution in [3.63, 3.8) is 0 Å². The van der Waals surface area contributed by atoms with Crippen molar-refractivity contribution < 1.29 is 9.53 Å². The average Bonchev–Trinajstić information content (AvgIpc) is 3.08. The first-order valence-corrected chi connectivity index (χ1v) is 8.47. The van der Waals surface area contributed by atoms with Crippen LogP contribution < -0.4 is 5.32 Å². The van der Waals surface area contributed by atoms with Crippen molar-refractivity contribution in [2.75, 3.05) is 20.3 Å². The van der Waals surface area contributed by atoms with Crippen molar-refractivity contribution in [2.24, 2.45) is 0 Å². The Morgan fingerprint density at radius 2 is 1.88 bits per heavy atom. The molecule has 1 amide bonds. The second-order valence-electron chi connectivity index (χ2n) is 6.12. The molecule has 0 atom stereocenters. The average molecular weight is 350 g/mol. The van der Waals surface area contributed by atoms with E-state index in [1.807, 2.05) is 62.4 Å². The molecule has 3 rings (SSSR count). The van der Waals surface area contributed by atoms with Gasteiger partial charge in [0, 0.05) is 19.2 Å². The maximum atomic E-state index is 12.4. The maximum absolute atomic E-state index is 12.4. The summed E-state index contributed by atoms with van der Waals surface area (Å²) in [6.45, 7) is 4.90. The fourth-order valence-electron chi connectivity index (χ4n) is 2.58. The Morgan fingerprint density at radius 1 is 1.12 bits per heavy atom. The fourth-order valence-corrected chi connectivity index (χ4v) is 2.58. The monoisotopic (exact) mass is 350 g/mol. The Labute approximate surface area is 152 Å². The lowest BCUT2D eigenvalue weighted by molar-refractivity contribution is 0.0927. The van der Waals surface area contributed by atoms with Crippen LogP contribution in [0.3, 0.4) is 0 Å². The van der Waals surface area contributed by atoms with E-state index in [2.05, 4.69) is 15.4 Å². The van der Waals surface area contributed by atoms with Crippen molar-refractivity contribution in [1.29, 1.82) is 0 Å². The Morgan fingerprint density at radius 3 is 2.58 bits per heavy atom. The van der Waals surface area contributed by atoms with Gasteiger partial charge in [0.25, 0.3) is 5.91 Å². The Balaban J connectivity index is 2.03. The standard InChI is InChI=1S/C20H22N4O2/c1-14-7-9-16(10-8-14)19-22-18(20(25)21-11-12-26-3)23-24(19)17-6-4-5-15(2)13-17/h4-10,13H,11-12H2,1-3H3,(H,21,25). The van der Waals surface area contributed by atoms with Gasteiger partial charge in [-0.3, -0.25) is 4.79 Å². The van der Waals surface area contributed by atoms with Crippen LogP contribution in [0.5, 0.6) is 0 Å². The highest BCUT2D eigenvalue weighted by Crippen LogP contribution is 2.22. The van der Waals surface area contributed by atoms with E-state index in [4.69, 9.17) is 4.74 Å². The molecule has 1 N–H and O–H groups in total. The molecule has 0 spiro atoms. The molecule has 134 valence electrons. The van der Waals surface area contributed by atoms with Gasteiger partial charge in [0.15, 0.2) is 5.82 Å². The summed E-state index contributed by atoms with van der Waals surface area (Å²) in [5, 5.41) is 7.21. The number of rotatable bonds is 6. The Bertz CT molecular complexity index is 900.